The molecule has 0 bridgehead atoms. The molecule has 0 rings (SSSR count). The Morgan fingerprint density at radius 3 is 1.93 bits per heavy atom. The average Bonchev–Trinajstić information content (AvgIpc) is 2.23. The molecule has 0 aliphatic carbocycles. The Bertz CT molecular complexity index is 216. The SMILES string of the molecule is CCC(N)C(=O)C(=O)[C@@H](N)[C@@H](C)CC. The second-order valence-corrected chi connectivity index (χ2v) is 3.65. The predicted molar refractivity (Wildman–Crippen MR) is 55.7 cm³/mol. The van der Waals surface area contributed by atoms with Gasteiger partial charge < -0.3 is 11.5 Å². The minimum Gasteiger partial charge on any atom is -0.321 e. The van der Waals surface area contributed by atoms with Crippen LogP contribution in [0.2, 0.25) is 0 Å². The summed E-state index contributed by atoms with van der Waals surface area (Å²) in [5, 5.41) is 0. The molecule has 0 saturated carbocycles. The first-order valence-electron chi connectivity index (χ1n) is 5.04. The van der Waals surface area contributed by atoms with Crippen molar-refractivity contribution in [2.24, 2.45) is 17.4 Å². The van der Waals surface area contributed by atoms with Crippen LogP contribution in [0.1, 0.15) is 33.6 Å². The molecule has 3 atom stereocenters. The Morgan fingerprint density at radius 2 is 1.57 bits per heavy atom. The third kappa shape index (κ3) is 3.20. The summed E-state index contributed by atoms with van der Waals surface area (Å²) in [5.74, 6) is -1.05. The Kier molecular flexibility index (Phi) is 5.57. The van der Waals surface area contributed by atoms with Crippen LogP contribution in [0, 0.1) is 5.92 Å². The molecule has 1 unspecified atom stereocenters. The molecular formula is C10H20N2O2. The number of carbonyl (C=O) groups is 2. The molecule has 82 valence electrons. The number of carbonyl (C=O) groups excluding carboxylic acids is 2. The van der Waals surface area contributed by atoms with Crippen molar-refractivity contribution in [3.05, 3.63) is 0 Å². The molecule has 0 aliphatic rings. The molecule has 0 fully saturated rings. The summed E-state index contributed by atoms with van der Waals surface area (Å²) in [6.45, 7) is 5.56. The van der Waals surface area contributed by atoms with E-state index in [0.717, 1.165) is 6.42 Å². The van der Waals surface area contributed by atoms with Crippen LogP contribution in [0.4, 0.5) is 0 Å². The summed E-state index contributed by atoms with van der Waals surface area (Å²) < 4.78 is 0. The van der Waals surface area contributed by atoms with Gasteiger partial charge in [-0.25, -0.2) is 0 Å². The van der Waals surface area contributed by atoms with Crippen LogP contribution in [0.15, 0.2) is 0 Å². The van der Waals surface area contributed by atoms with Gasteiger partial charge in [0.15, 0.2) is 0 Å². The fourth-order valence-corrected chi connectivity index (χ4v) is 1.04. The van der Waals surface area contributed by atoms with E-state index in [1.54, 1.807) is 6.92 Å². The van der Waals surface area contributed by atoms with Gasteiger partial charge >= 0.3 is 0 Å². The van der Waals surface area contributed by atoms with E-state index in [2.05, 4.69) is 0 Å². The third-order valence-electron chi connectivity index (χ3n) is 2.58. The zero-order valence-electron chi connectivity index (χ0n) is 9.12. The predicted octanol–water partition coefficient (Wildman–Crippen LogP) is 0.235. The average molecular weight is 200 g/mol. The quantitative estimate of drug-likeness (QED) is 0.601. The summed E-state index contributed by atoms with van der Waals surface area (Å²) in [5.41, 5.74) is 11.1. The molecule has 0 heterocycles. The third-order valence-corrected chi connectivity index (χ3v) is 2.58. The molecule has 4 nitrogen and oxygen atoms in total. The summed E-state index contributed by atoms with van der Waals surface area (Å²) in [4.78, 5) is 22.9. The van der Waals surface area contributed by atoms with Gasteiger partial charge in [0.05, 0.1) is 12.1 Å². The van der Waals surface area contributed by atoms with Gasteiger partial charge in [0.2, 0.25) is 11.6 Å². The first kappa shape index (κ1) is 13.3. The minimum absolute atomic E-state index is 0.0236. The highest BCUT2D eigenvalue weighted by molar-refractivity contribution is 6.40. The van der Waals surface area contributed by atoms with E-state index in [1.807, 2.05) is 13.8 Å². The van der Waals surface area contributed by atoms with Crippen LogP contribution < -0.4 is 11.5 Å². The minimum atomic E-state index is -0.704. The van der Waals surface area contributed by atoms with Gasteiger partial charge in [-0.2, -0.15) is 0 Å². The molecule has 0 saturated heterocycles. The van der Waals surface area contributed by atoms with Crippen molar-refractivity contribution in [3.63, 3.8) is 0 Å². The first-order valence-corrected chi connectivity index (χ1v) is 5.04. The van der Waals surface area contributed by atoms with E-state index in [1.165, 1.54) is 0 Å². The molecule has 4 N–H and O–H groups in total. The summed E-state index contributed by atoms with van der Waals surface area (Å²) >= 11 is 0. The maximum Gasteiger partial charge on any atom is 0.216 e. The Hall–Kier alpha value is -0.740. The van der Waals surface area contributed by atoms with Crippen molar-refractivity contribution in [3.8, 4) is 0 Å². The van der Waals surface area contributed by atoms with Crippen molar-refractivity contribution >= 4 is 11.6 Å². The standard InChI is InChI=1S/C10H20N2O2/c1-4-6(3)8(12)10(14)9(13)7(11)5-2/h6-8H,4-5,11-12H2,1-3H3/t6-,7?,8-/m0/s1. The Morgan fingerprint density at radius 1 is 1.07 bits per heavy atom. The number of ketones is 2. The summed E-state index contributed by atoms with van der Waals surface area (Å²) in [6, 6.07) is -1.40. The number of nitrogens with two attached hydrogens (primary N) is 2. The highest BCUT2D eigenvalue weighted by Gasteiger charge is 2.28. The van der Waals surface area contributed by atoms with E-state index in [-0.39, 0.29) is 5.92 Å². The van der Waals surface area contributed by atoms with Crippen LogP contribution >= 0.6 is 0 Å². The molecule has 0 amide bonds. The molecule has 0 aromatic rings. The van der Waals surface area contributed by atoms with Gasteiger partial charge in [-0.05, 0) is 12.3 Å². The van der Waals surface area contributed by atoms with E-state index in [9.17, 15) is 9.59 Å². The number of hydrogen-bond donors (Lipinski definition) is 2. The molecule has 0 aliphatic heterocycles. The second kappa shape index (κ2) is 5.88. The topological polar surface area (TPSA) is 86.2 Å². The zero-order chi connectivity index (χ0) is 11.3. The first-order chi connectivity index (χ1) is 6.45. The maximum atomic E-state index is 11.5. The van der Waals surface area contributed by atoms with Crippen LogP contribution in [0.5, 0.6) is 0 Å². The lowest BCUT2D eigenvalue weighted by molar-refractivity contribution is -0.138. The number of hydrogen-bond acceptors (Lipinski definition) is 4. The summed E-state index contributed by atoms with van der Waals surface area (Å²) in [7, 11) is 0. The fourth-order valence-electron chi connectivity index (χ4n) is 1.04. The van der Waals surface area contributed by atoms with Crippen molar-refractivity contribution in [2.75, 3.05) is 0 Å². The van der Waals surface area contributed by atoms with Gasteiger partial charge in [0.25, 0.3) is 0 Å². The van der Waals surface area contributed by atoms with Gasteiger partial charge in [0.1, 0.15) is 0 Å². The second-order valence-electron chi connectivity index (χ2n) is 3.65. The molecule has 0 spiro atoms. The molecule has 14 heavy (non-hydrogen) atoms. The normalized spacial score (nSPS) is 17.2. The molecule has 0 radical (unpaired) electrons. The van der Waals surface area contributed by atoms with Crippen molar-refractivity contribution < 1.29 is 9.59 Å². The van der Waals surface area contributed by atoms with Crippen molar-refractivity contribution in [1.29, 1.82) is 0 Å². The van der Waals surface area contributed by atoms with Gasteiger partial charge in [0, 0.05) is 0 Å². The Labute approximate surface area is 85.0 Å². The van der Waals surface area contributed by atoms with Crippen LogP contribution in [-0.4, -0.2) is 23.7 Å². The molecule has 0 aromatic heterocycles. The van der Waals surface area contributed by atoms with Crippen LogP contribution in [0.3, 0.4) is 0 Å². The van der Waals surface area contributed by atoms with Crippen LogP contribution in [-0.2, 0) is 9.59 Å². The smallest absolute Gasteiger partial charge is 0.216 e. The lowest BCUT2D eigenvalue weighted by Gasteiger charge is -2.17. The lowest BCUT2D eigenvalue weighted by Crippen LogP contribution is -2.46. The van der Waals surface area contributed by atoms with Crippen molar-refractivity contribution in [2.45, 2.75) is 45.7 Å². The molecule has 4 heteroatoms. The number of Topliss-reactive ketones (excluding diaryl/α,β-unsaturated/α-hetero) is 2. The monoisotopic (exact) mass is 200 g/mol. The zero-order valence-corrected chi connectivity index (χ0v) is 9.12. The lowest BCUT2D eigenvalue weighted by atomic mass is 9.92. The largest absolute Gasteiger partial charge is 0.321 e. The Balaban J connectivity index is 4.39. The fraction of sp³-hybridized carbons (Fsp3) is 0.800. The molecular weight excluding hydrogens is 180 g/mol. The number of rotatable bonds is 6. The van der Waals surface area contributed by atoms with Gasteiger partial charge in [-0.1, -0.05) is 27.2 Å². The summed E-state index contributed by atoms with van der Waals surface area (Å²) in [6.07, 6.45) is 1.25. The highest BCUT2D eigenvalue weighted by Crippen LogP contribution is 2.07. The maximum absolute atomic E-state index is 11.5. The van der Waals surface area contributed by atoms with Crippen LogP contribution in [0.25, 0.3) is 0 Å². The van der Waals surface area contributed by atoms with E-state index >= 15 is 0 Å². The van der Waals surface area contributed by atoms with E-state index in [4.69, 9.17) is 11.5 Å². The van der Waals surface area contributed by atoms with E-state index in [0.29, 0.717) is 6.42 Å². The molecule has 0 aromatic carbocycles. The van der Waals surface area contributed by atoms with Gasteiger partial charge in [-0.3, -0.25) is 9.59 Å². The van der Waals surface area contributed by atoms with Crippen molar-refractivity contribution in [1.82, 2.24) is 0 Å². The highest BCUT2D eigenvalue weighted by atomic mass is 16.2. The van der Waals surface area contributed by atoms with Gasteiger partial charge in [-0.15, -0.1) is 0 Å². The van der Waals surface area contributed by atoms with E-state index < -0.39 is 23.7 Å².